The van der Waals surface area contributed by atoms with Crippen molar-refractivity contribution in [3.05, 3.63) is 109 Å². The van der Waals surface area contributed by atoms with Gasteiger partial charge in [-0.3, -0.25) is 4.79 Å². The lowest BCUT2D eigenvalue weighted by Gasteiger charge is -2.47. The molecule has 276 valence electrons. The van der Waals surface area contributed by atoms with E-state index in [1.54, 1.807) is 13.2 Å². The molecule has 1 aliphatic heterocycles. The normalized spacial score (nSPS) is 19.8. The molecule has 51 heavy (non-hydrogen) atoms. The van der Waals surface area contributed by atoms with Crippen molar-refractivity contribution in [3.63, 3.8) is 0 Å². The third kappa shape index (κ3) is 9.52. The molecule has 5 atom stereocenters. The van der Waals surface area contributed by atoms with E-state index in [4.69, 9.17) is 28.1 Å². The first-order valence-electron chi connectivity index (χ1n) is 17.7. The monoisotopic (exact) mass is 716 g/mol. The van der Waals surface area contributed by atoms with Crippen molar-refractivity contribution in [1.29, 1.82) is 0 Å². The third-order valence-electron chi connectivity index (χ3n) is 9.68. The Bertz CT molecular complexity index is 1530. The van der Waals surface area contributed by atoms with Gasteiger partial charge in [-0.1, -0.05) is 118 Å². The van der Waals surface area contributed by atoms with Crippen LogP contribution >= 0.6 is 0 Å². The predicted molar refractivity (Wildman–Crippen MR) is 202 cm³/mol. The molecule has 0 N–H and O–H groups in total. The number of ether oxygens (including phenoxy) is 5. The van der Waals surface area contributed by atoms with Crippen LogP contribution in [0.2, 0.25) is 5.04 Å². The van der Waals surface area contributed by atoms with E-state index in [9.17, 15) is 9.59 Å². The molecule has 0 radical (unpaired) electrons. The Labute approximate surface area is 305 Å². The largest absolute Gasteiger partial charge is 0.467 e. The minimum atomic E-state index is -3.20. The summed E-state index contributed by atoms with van der Waals surface area (Å²) in [6.45, 7) is 17.9. The summed E-state index contributed by atoms with van der Waals surface area (Å²) in [5.41, 5.74) is 0.0765. The molecule has 4 rings (SSSR count). The van der Waals surface area contributed by atoms with Crippen LogP contribution in [0.3, 0.4) is 0 Å². The van der Waals surface area contributed by atoms with Crippen LogP contribution in [-0.4, -0.2) is 70.6 Å². The number of esters is 1. The van der Waals surface area contributed by atoms with Gasteiger partial charge in [-0.05, 0) is 48.7 Å². The smallest absolute Gasteiger partial charge is 0.336 e. The molecule has 0 saturated carbocycles. The molecule has 0 amide bonds. The lowest BCUT2D eigenvalue weighted by atomic mass is 9.82. The Morgan fingerprint density at radius 1 is 0.882 bits per heavy atom. The van der Waals surface area contributed by atoms with Gasteiger partial charge in [0.1, 0.15) is 6.10 Å². The number of rotatable bonds is 16. The summed E-state index contributed by atoms with van der Waals surface area (Å²) in [6.07, 6.45) is -1.68. The van der Waals surface area contributed by atoms with E-state index in [-0.39, 0.29) is 18.8 Å². The third-order valence-corrected chi connectivity index (χ3v) is 14.7. The Morgan fingerprint density at radius 3 is 1.88 bits per heavy atom. The fourth-order valence-corrected chi connectivity index (χ4v) is 11.6. The summed E-state index contributed by atoms with van der Waals surface area (Å²) >= 11 is 0. The summed E-state index contributed by atoms with van der Waals surface area (Å²) < 4.78 is 38.1. The average molecular weight is 717 g/mol. The molecule has 3 aromatic rings. The predicted octanol–water partition coefficient (Wildman–Crippen LogP) is 6.79. The van der Waals surface area contributed by atoms with Gasteiger partial charge < -0.3 is 28.1 Å². The molecule has 1 fully saturated rings. The summed E-state index contributed by atoms with van der Waals surface area (Å²) in [5.74, 6) is -1.75. The summed E-state index contributed by atoms with van der Waals surface area (Å²) in [5, 5.41) is 1.65. The zero-order chi connectivity index (χ0) is 37.5. The van der Waals surface area contributed by atoms with Gasteiger partial charge in [-0.2, -0.15) is 0 Å². The minimum Gasteiger partial charge on any atom is -0.467 e. The first-order valence-corrected chi connectivity index (χ1v) is 19.6. The molecular formula is C42H56O8Si. The highest BCUT2D eigenvalue weighted by atomic mass is 28.4. The standard InChI is InChI=1S/C42H56O8Si/c1-11-41(5,6)38(43)36(47-29-30-21-15-12-16-22-30)35-28-31(48-42(7,8)49-35)27-34(45-9)37(39(44)46-10)50-51(40(2,3)4,32-23-17-13-18-24-32)33-25-19-14-20-26-33/h11-26,31,34-37H,1,27-29H2,2-10H3/t31-,34+,35+,36+,37-/m0/s1. The van der Waals surface area contributed by atoms with Crippen LogP contribution in [0.4, 0.5) is 0 Å². The molecule has 0 aromatic heterocycles. The number of carbonyl (C=O) groups excluding carboxylic acids is 2. The van der Waals surface area contributed by atoms with Crippen molar-refractivity contribution >= 4 is 30.4 Å². The zero-order valence-electron chi connectivity index (χ0n) is 31.7. The number of benzene rings is 3. The number of allylic oxidation sites excluding steroid dienone is 1. The molecule has 3 aromatic carbocycles. The molecule has 0 aliphatic carbocycles. The minimum absolute atomic E-state index is 0.138. The first-order chi connectivity index (χ1) is 24.1. The molecule has 8 nitrogen and oxygen atoms in total. The second kappa shape index (κ2) is 16.9. The summed E-state index contributed by atoms with van der Waals surface area (Å²) in [6, 6.07) is 30.0. The fraction of sp³-hybridized carbons (Fsp3) is 0.476. The van der Waals surface area contributed by atoms with Gasteiger partial charge in [-0.25, -0.2) is 4.79 Å². The van der Waals surface area contributed by atoms with E-state index in [0.29, 0.717) is 6.42 Å². The fourth-order valence-electron chi connectivity index (χ4n) is 6.93. The van der Waals surface area contributed by atoms with Gasteiger partial charge in [-0.15, -0.1) is 6.58 Å². The highest BCUT2D eigenvalue weighted by molar-refractivity contribution is 6.99. The van der Waals surface area contributed by atoms with E-state index in [2.05, 4.69) is 51.6 Å². The van der Waals surface area contributed by atoms with Crippen LogP contribution in [0.5, 0.6) is 0 Å². The van der Waals surface area contributed by atoms with Crippen molar-refractivity contribution in [2.45, 2.75) is 109 Å². The number of methoxy groups -OCH3 is 2. The van der Waals surface area contributed by atoms with Crippen molar-refractivity contribution in [2.24, 2.45) is 5.41 Å². The topological polar surface area (TPSA) is 89.5 Å². The number of carbonyl (C=O) groups is 2. The lowest BCUT2D eigenvalue weighted by Crippen LogP contribution is -2.69. The van der Waals surface area contributed by atoms with Crippen LogP contribution in [0.15, 0.2) is 104 Å². The van der Waals surface area contributed by atoms with Crippen LogP contribution in [0, 0.1) is 5.41 Å². The van der Waals surface area contributed by atoms with Crippen molar-refractivity contribution in [2.75, 3.05) is 14.2 Å². The molecule has 0 bridgehead atoms. The SMILES string of the molecule is C=CC(C)(C)C(=O)[C@H](OCc1ccccc1)[C@H]1C[C@H](C[C@@H](OC)[C@H](O[Si](c2ccccc2)(c2ccccc2)C(C)(C)C)C(=O)OC)OC(C)(C)O1. The van der Waals surface area contributed by atoms with Gasteiger partial charge in [0.05, 0.1) is 32.0 Å². The maximum absolute atomic E-state index is 14.1. The lowest BCUT2D eigenvalue weighted by molar-refractivity contribution is -0.316. The molecule has 0 spiro atoms. The van der Waals surface area contributed by atoms with E-state index < -0.39 is 61.0 Å². The Balaban J connectivity index is 1.71. The van der Waals surface area contributed by atoms with Crippen molar-refractivity contribution < 1.29 is 37.7 Å². The number of Topliss-reactive ketones (excluding diaryl/α,β-unsaturated/α-hetero) is 1. The van der Waals surface area contributed by atoms with E-state index >= 15 is 0 Å². The molecule has 1 heterocycles. The van der Waals surface area contributed by atoms with Gasteiger partial charge >= 0.3 is 5.97 Å². The second-order valence-electron chi connectivity index (χ2n) is 15.3. The number of ketones is 1. The van der Waals surface area contributed by atoms with Crippen LogP contribution in [0.1, 0.15) is 66.9 Å². The van der Waals surface area contributed by atoms with Crippen molar-refractivity contribution in [3.8, 4) is 0 Å². The first kappa shape index (κ1) is 40.3. The van der Waals surface area contributed by atoms with Crippen LogP contribution in [-0.2, 0) is 44.3 Å². The maximum Gasteiger partial charge on any atom is 0.336 e. The van der Waals surface area contributed by atoms with Gasteiger partial charge in [0.25, 0.3) is 8.32 Å². The van der Waals surface area contributed by atoms with Gasteiger partial charge in [0, 0.05) is 25.4 Å². The quantitative estimate of drug-likeness (QED) is 0.0911. The Morgan fingerprint density at radius 2 is 1.41 bits per heavy atom. The Hall–Kier alpha value is -3.44. The average Bonchev–Trinajstić information content (AvgIpc) is 3.11. The van der Waals surface area contributed by atoms with Gasteiger partial charge in [0.15, 0.2) is 17.7 Å². The summed E-state index contributed by atoms with van der Waals surface area (Å²) in [4.78, 5) is 27.9. The molecule has 0 unspecified atom stereocenters. The highest BCUT2D eigenvalue weighted by Crippen LogP contribution is 2.40. The van der Waals surface area contributed by atoms with Crippen molar-refractivity contribution in [1.82, 2.24) is 0 Å². The van der Waals surface area contributed by atoms with Crippen LogP contribution in [0.25, 0.3) is 0 Å². The zero-order valence-corrected chi connectivity index (χ0v) is 32.7. The van der Waals surface area contributed by atoms with Crippen LogP contribution < -0.4 is 10.4 Å². The Kier molecular flexibility index (Phi) is 13.4. The maximum atomic E-state index is 14.1. The van der Waals surface area contributed by atoms with E-state index in [1.807, 2.05) is 94.4 Å². The molecule has 1 aliphatic rings. The number of hydrogen-bond donors (Lipinski definition) is 0. The molecule has 1 saturated heterocycles. The molecular weight excluding hydrogens is 661 g/mol. The van der Waals surface area contributed by atoms with E-state index in [1.165, 1.54) is 7.11 Å². The summed E-state index contributed by atoms with van der Waals surface area (Å²) in [7, 11) is -0.267. The van der Waals surface area contributed by atoms with E-state index in [0.717, 1.165) is 15.9 Å². The van der Waals surface area contributed by atoms with Gasteiger partial charge in [0.2, 0.25) is 0 Å². The highest BCUT2D eigenvalue weighted by Gasteiger charge is 2.54. The molecule has 9 heteroatoms. The second-order valence-corrected chi connectivity index (χ2v) is 19.5. The number of hydrogen-bond acceptors (Lipinski definition) is 8.